The van der Waals surface area contributed by atoms with Crippen LogP contribution in [0.5, 0.6) is 5.75 Å². The number of fused-ring (bicyclic) bond motifs is 1. The molecule has 4 rings (SSSR count). The lowest BCUT2D eigenvalue weighted by atomic mass is 10.0. The SMILES string of the molecule is CC(=O)Oc1ccccc1CC(=O)NC1C(=O)N2C(C(=O)O)=C(CSc3n[nH]c(=O)c(=O)n3CC(C)C)CS[C@H]12. The second kappa shape index (κ2) is 12.1. The first-order chi connectivity index (χ1) is 19.0. The lowest BCUT2D eigenvalue weighted by Crippen LogP contribution is -2.70. The van der Waals surface area contributed by atoms with Crippen molar-refractivity contribution in [3.63, 3.8) is 0 Å². The Hall–Kier alpha value is -3.85. The van der Waals surface area contributed by atoms with Gasteiger partial charge in [0.15, 0.2) is 5.16 Å². The molecule has 1 fully saturated rings. The lowest BCUT2D eigenvalue weighted by molar-refractivity contribution is -0.150. The molecule has 3 heterocycles. The molecule has 15 heteroatoms. The first-order valence-corrected chi connectivity index (χ1v) is 14.3. The maximum absolute atomic E-state index is 13.0. The van der Waals surface area contributed by atoms with Crippen molar-refractivity contribution >= 4 is 47.3 Å². The van der Waals surface area contributed by atoms with E-state index in [4.69, 9.17) is 4.74 Å². The van der Waals surface area contributed by atoms with E-state index in [0.29, 0.717) is 11.1 Å². The summed E-state index contributed by atoms with van der Waals surface area (Å²) in [6, 6.07) is 5.63. The van der Waals surface area contributed by atoms with Crippen LogP contribution < -0.4 is 21.2 Å². The smallest absolute Gasteiger partial charge is 0.352 e. The molecule has 0 bridgehead atoms. The monoisotopic (exact) mass is 589 g/mol. The fourth-order valence-corrected chi connectivity index (χ4v) is 6.74. The van der Waals surface area contributed by atoms with Crippen molar-refractivity contribution in [1.82, 2.24) is 25.0 Å². The van der Waals surface area contributed by atoms with Crippen LogP contribution in [-0.4, -0.2) is 71.4 Å². The molecule has 0 radical (unpaired) electrons. The van der Waals surface area contributed by atoms with Crippen molar-refractivity contribution in [2.24, 2.45) is 5.92 Å². The highest BCUT2D eigenvalue weighted by Crippen LogP contribution is 2.41. The Morgan fingerprint density at radius 3 is 2.65 bits per heavy atom. The number of rotatable bonds is 10. The van der Waals surface area contributed by atoms with Crippen LogP contribution in [0.1, 0.15) is 26.3 Å². The molecule has 1 saturated heterocycles. The number of β-lactam (4-membered cyclic amide) rings is 1. The number of aliphatic carboxylic acids is 1. The minimum Gasteiger partial charge on any atom is -0.477 e. The molecule has 1 aromatic carbocycles. The normalized spacial score (nSPS) is 18.3. The van der Waals surface area contributed by atoms with Gasteiger partial charge in [-0.1, -0.05) is 43.8 Å². The summed E-state index contributed by atoms with van der Waals surface area (Å²) in [6.07, 6.45) is -0.140. The van der Waals surface area contributed by atoms with Crippen molar-refractivity contribution in [2.45, 2.75) is 50.3 Å². The van der Waals surface area contributed by atoms with Gasteiger partial charge in [0.2, 0.25) is 5.91 Å². The first-order valence-electron chi connectivity index (χ1n) is 12.3. The molecule has 212 valence electrons. The van der Waals surface area contributed by atoms with E-state index in [2.05, 4.69) is 15.5 Å². The summed E-state index contributed by atoms with van der Waals surface area (Å²) >= 11 is 2.40. The molecule has 2 amide bonds. The largest absolute Gasteiger partial charge is 0.477 e. The molecule has 0 spiro atoms. The number of esters is 1. The topological polar surface area (TPSA) is 181 Å². The average molecular weight is 590 g/mol. The predicted molar refractivity (Wildman–Crippen MR) is 146 cm³/mol. The van der Waals surface area contributed by atoms with Gasteiger partial charge in [-0.15, -0.1) is 16.9 Å². The zero-order valence-electron chi connectivity index (χ0n) is 21.8. The number of hydrogen-bond acceptors (Lipinski definition) is 10. The Morgan fingerprint density at radius 1 is 1.25 bits per heavy atom. The van der Waals surface area contributed by atoms with Gasteiger partial charge >= 0.3 is 23.1 Å². The van der Waals surface area contributed by atoms with Gasteiger partial charge in [-0.05, 0) is 17.6 Å². The van der Waals surface area contributed by atoms with E-state index in [-0.39, 0.29) is 47.0 Å². The molecule has 2 aromatic rings. The Balaban J connectivity index is 1.47. The zero-order chi connectivity index (χ0) is 29.1. The number of para-hydroxylation sites is 1. The second-order valence-electron chi connectivity index (χ2n) is 9.52. The number of H-pyrrole nitrogens is 1. The molecule has 3 N–H and O–H groups in total. The minimum absolute atomic E-state index is 0.0569. The molecule has 2 aliphatic rings. The van der Waals surface area contributed by atoms with E-state index in [9.17, 15) is 33.9 Å². The van der Waals surface area contributed by atoms with Gasteiger partial charge in [0.05, 0.1) is 6.42 Å². The van der Waals surface area contributed by atoms with Crippen LogP contribution in [0.2, 0.25) is 0 Å². The number of hydrogen-bond donors (Lipinski definition) is 3. The highest BCUT2D eigenvalue weighted by molar-refractivity contribution is 8.01. The summed E-state index contributed by atoms with van der Waals surface area (Å²) in [5.74, 6) is -2.17. The number of carbonyl (C=O) groups is 4. The van der Waals surface area contributed by atoms with Crippen molar-refractivity contribution in [3.05, 3.63) is 61.8 Å². The Bertz CT molecular complexity index is 1520. The van der Waals surface area contributed by atoms with E-state index in [0.717, 1.165) is 16.7 Å². The number of carboxylic acid groups (broad SMARTS) is 1. The van der Waals surface area contributed by atoms with E-state index in [1.165, 1.54) is 23.3 Å². The maximum atomic E-state index is 13.0. The van der Waals surface area contributed by atoms with Gasteiger partial charge in [0, 0.05) is 30.5 Å². The molecule has 13 nitrogen and oxygen atoms in total. The molecule has 2 aliphatic heterocycles. The molecule has 1 aromatic heterocycles. The number of ether oxygens (including phenoxy) is 1. The van der Waals surface area contributed by atoms with Gasteiger partial charge in [-0.2, -0.15) is 0 Å². The average Bonchev–Trinajstić information content (AvgIpc) is 2.89. The second-order valence-corrected chi connectivity index (χ2v) is 11.6. The Kier molecular flexibility index (Phi) is 8.83. The number of nitrogens with zero attached hydrogens (tertiary/aromatic N) is 3. The Morgan fingerprint density at radius 2 is 1.98 bits per heavy atom. The first kappa shape index (κ1) is 29.1. The number of carbonyl (C=O) groups excluding carboxylic acids is 3. The van der Waals surface area contributed by atoms with Crippen molar-refractivity contribution in [3.8, 4) is 5.75 Å². The summed E-state index contributed by atoms with van der Waals surface area (Å²) in [5, 5.41) is 18.4. The molecule has 40 heavy (non-hydrogen) atoms. The van der Waals surface area contributed by atoms with Gasteiger partial charge in [-0.3, -0.25) is 33.4 Å². The van der Waals surface area contributed by atoms with Crippen LogP contribution in [0.15, 0.2) is 50.3 Å². The fourth-order valence-electron chi connectivity index (χ4n) is 4.30. The molecule has 0 aliphatic carbocycles. The third-order valence-corrected chi connectivity index (χ3v) is 8.39. The molecular formula is C25H27N5O8S2. The zero-order valence-corrected chi connectivity index (χ0v) is 23.5. The summed E-state index contributed by atoms with van der Waals surface area (Å²) in [6.45, 7) is 5.28. The fraction of sp³-hybridized carbons (Fsp3) is 0.400. The van der Waals surface area contributed by atoms with E-state index >= 15 is 0 Å². The number of thioether (sulfide) groups is 2. The molecular weight excluding hydrogens is 562 g/mol. The number of benzene rings is 1. The number of carboxylic acids is 1. The maximum Gasteiger partial charge on any atom is 0.352 e. The molecule has 1 unspecified atom stereocenters. The third-order valence-electron chi connectivity index (χ3n) is 5.99. The van der Waals surface area contributed by atoms with E-state index in [1.54, 1.807) is 24.3 Å². The van der Waals surface area contributed by atoms with Gasteiger partial charge < -0.3 is 15.2 Å². The molecule has 0 saturated carbocycles. The number of aromatic nitrogens is 3. The summed E-state index contributed by atoms with van der Waals surface area (Å²) in [4.78, 5) is 74.6. The van der Waals surface area contributed by atoms with Crippen LogP contribution in [0.4, 0.5) is 0 Å². The van der Waals surface area contributed by atoms with Gasteiger partial charge in [0.1, 0.15) is 22.9 Å². The van der Waals surface area contributed by atoms with Crippen LogP contribution >= 0.6 is 23.5 Å². The highest BCUT2D eigenvalue weighted by Gasteiger charge is 2.54. The summed E-state index contributed by atoms with van der Waals surface area (Å²) in [5.41, 5.74) is -0.852. The quantitative estimate of drug-likeness (QED) is 0.116. The minimum atomic E-state index is -1.29. The Labute approximate surface area is 236 Å². The summed E-state index contributed by atoms with van der Waals surface area (Å²) in [7, 11) is 0. The van der Waals surface area contributed by atoms with Crippen LogP contribution in [0.25, 0.3) is 0 Å². The van der Waals surface area contributed by atoms with Gasteiger partial charge in [0.25, 0.3) is 5.91 Å². The standard InChI is InChI=1S/C25H27N5O8S2/c1-12(2)9-29-22(35)20(33)27-28-25(29)40-11-15-10-39-23-18(21(34)30(23)19(15)24(36)37)26-17(32)8-14-6-4-5-7-16(14)38-13(3)31/h4-7,12,18,23H,8-11H2,1-3H3,(H,26,32)(H,27,33)(H,36,37)/t18?,23-/m1/s1. The molecule has 2 atom stereocenters. The van der Waals surface area contributed by atoms with Gasteiger partial charge in [-0.25, -0.2) is 9.89 Å². The van der Waals surface area contributed by atoms with Crippen molar-refractivity contribution in [1.29, 1.82) is 0 Å². The predicted octanol–water partition coefficient (Wildman–Crippen LogP) is 0.586. The number of amides is 2. The highest BCUT2D eigenvalue weighted by atomic mass is 32.2. The van der Waals surface area contributed by atoms with Crippen LogP contribution in [0, 0.1) is 5.92 Å². The van der Waals surface area contributed by atoms with Crippen LogP contribution in [-0.2, 0) is 32.1 Å². The number of aromatic amines is 1. The van der Waals surface area contributed by atoms with Crippen molar-refractivity contribution < 1.29 is 29.0 Å². The van der Waals surface area contributed by atoms with Crippen LogP contribution in [0.3, 0.4) is 0 Å². The summed E-state index contributed by atoms with van der Waals surface area (Å²) < 4.78 is 6.39. The van der Waals surface area contributed by atoms with E-state index < -0.39 is 46.3 Å². The third kappa shape index (κ3) is 6.14. The van der Waals surface area contributed by atoms with E-state index in [1.807, 2.05) is 13.8 Å². The lowest BCUT2D eigenvalue weighted by Gasteiger charge is -2.49. The number of nitrogens with one attached hydrogen (secondary N) is 2. The van der Waals surface area contributed by atoms with Crippen molar-refractivity contribution in [2.75, 3.05) is 11.5 Å².